The first-order valence-corrected chi connectivity index (χ1v) is 8.51. The topological polar surface area (TPSA) is 12.5 Å². The van der Waals surface area contributed by atoms with Gasteiger partial charge >= 0.3 is 0 Å². The summed E-state index contributed by atoms with van der Waals surface area (Å²) in [7, 11) is 1.64. The molecule has 0 saturated heterocycles. The molecule has 1 aliphatic rings. The van der Waals surface area contributed by atoms with Gasteiger partial charge < -0.3 is 9.64 Å². The van der Waals surface area contributed by atoms with Crippen LogP contribution in [0.1, 0.15) is 22.7 Å². The van der Waals surface area contributed by atoms with Gasteiger partial charge in [0.1, 0.15) is 11.6 Å². The second-order valence-corrected chi connectivity index (χ2v) is 6.27. The molecule has 0 radical (unpaired) electrons. The number of hydrogen-bond acceptors (Lipinski definition) is 2. The fraction of sp³-hybridized carbons (Fsp3) is 0.182. The molecular weight excluding hydrogens is 313 g/mol. The second kappa shape index (κ2) is 6.60. The summed E-state index contributed by atoms with van der Waals surface area (Å²) in [5, 5.41) is 0. The summed E-state index contributed by atoms with van der Waals surface area (Å²) in [5.41, 5.74) is 4.51. The smallest absolute Gasteiger partial charge is 0.124 e. The summed E-state index contributed by atoms with van der Waals surface area (Å²) in [6, 6.07) is 23.4. The third kappa shape index (κ3) is 2.86. The SMILES string of the molecule is COc1ccc(F)cc1C1c2ccccc2CCN1c1ccccc1. The Labute approximate surface area is 147 Å². The number of ether oxygens (including phenoxy) is 1. The van der Waals surface area contributed by atoms with Crippen LogP contribution in [0.5, 0.6) is 5.75 Å². The van der Waals surface area contributed by atoms with E-state index in [0.717, 1.165) is 24.2 Å². The fourth-order valence-electron chi connectivity index (χ4n) is 3.72. The highest BCUT2D eigenvalue weighted by Crippen LogP contribution is 2.41. The lowest BCUT2D eigenvalue weighted by atomic mass is 9.87. The van der Waals surface area contributed by atoms with Crippen molar-refractivity contribution in [3.63, 3.8) is 0 Å². The molecule has 0 bridgehead atoms. The normalized spacial score (nSPS) is 16.4. The van der Waals surface area contributed by atoms with E-state index in [9.17, 15) is 4.39 Å². The average molecular weight is 333 g/mol. The predicted octanol–water partition coefficient (Wildman–Crippen LogP) is 4.99. The van der Waals surface area contributed by atoms with E-state index in [1.54, 1.807) is 19.2 Å². The van der Waals surface area contributed by atoms with E-state index in [1.807, 2.05) is 24.3 Å². The molecule has 1 atom stereocenters. The van der Waals surface area contributed by atoms with Gasteiger partial charge in [-0.05, 0) is 47.9 Å². The first kappa shape index (κ1) is 15.7. The van der Waals surface area contributed by atoms with Gasteiger partial charge in [-0.1, -0.05) is 42.5 Å². The van der Waals surface area contributed by atoms with E-state index in [2.05, 4.69) is 35.2 Å². The van der Waals surface area contributed by atoms with Crippen LogP contribution in [-0.2, 0) is 6.42 Å². The van der Waals surface area contributed by atoms with Crippen LogP contribution in [0, 0.1) is 5.82 Å². The molecule has 126 valence electrons. The van der Waals surface area contributed by atoms with Crippen LogP contribution in [0.3, 0.4) is 0 Å². The summed E-state index contributed by atoms with van der Waals surface area (Å²) in [6.07, 6.45) is 0.971. The Hall–Kier alpha value is -2.81. The predicted molar refractivity (Wildman–Crippen MR) is 98.7 cm³/mol. The number of benzene rings is 3. The quantitative estimate of drug-likeness (QED) is 0.670. The summed E-state index contributed by atoms with van der Waals surface area (Å²) >= 11 is 0. The van der Waals surface area contributed by atoms with Gasteiger partial charge in [0, 0.05) is 17.8 Å². The van der Waals surface area contributed by atoms with E-state index in [4.69, 9.17) is 4.74 Å². The molecule has 3 aromatic rings. The monoisotopic (exact) mass is 333 g/mol. The molecule has 4 rings (SSSR count). The van der Waals surface area contributed by atoms with Crippen molar-refractivity contribution in [3.05, 3.63) is 95.3 Å². The van der Waals surface area contributed by atoms with Crippen molar-refractivity contribution in [1.82, 2.24) is 0 Å². The minimum atomic E-state index is -0.244. The molecular formula is C22H20FNO. The van der Waals surface area contributed by atoms with Crippen molar-refractivity contribution in [1.29, 1.82) is 0 Å². The maximum absolute atomic E-state index is 14.1. The largest absolute Gasteiger partial charge is 0.496 e. The van der Waals surface area contributed by atoms with Crippen molar-refractivity contribution in [2.45, 2.75) is 12.5 Å². The molecule has 0 aliphatic carbocycles. The highest BCUT2D eigenvalue weighted by Gasteiger charge is 2.31. The number of halogens is 1. The van der Waals surface area contributed by atoms with Crippen LogP contribution in [0.4, 0.5) is 10.1 Å². The van der Waals surface area contributed by atoms with Gasteiger partial charge in [0.15, 0.2) is 0 Å². The van der Waals surface area contributed by atoms with Gasteiger partial charge in [0.05, 0.1) is 13.2 Å². The van der Waals surface area contributed by atoms with Crippen molar-refractivity contribution >= 4 is 5.69 Å². The molecule has 0 spiro atoms. The minimum Gasteiger partial charge on any atom is -0.496 e. The molecule has 25 heavy (non-hydrogen) atoms. The van der Waals surface area contributed by atoms with E-state index in [-0.39, 0.29) is 11.9 Å². The van der Waals surface area contributed by atoms with Crippen LogP contribution < -0.4 is 9.64 Å². The Morgan fingerprint density at radius 1 is 0.920 bits per heavy atom. The average Bonchev–Trinajstić information content (AvgIpc) is 2.67. The van der Waals surface area contributed by atoms with Crippen molar-refractivity contribution < 1.29 is 9.13 Å². The number of rotatable bonds is 3. The number of para-hydroxylation sites is 1. The van der Waals surface area contributed by atoms with Gasteiger partial charge in [-0.2, -0.15) is 0 Å². The zero-order chi connectivity index (χ0) is 17.2. The first-order chi connectivity index (χ1) is 12.3. The molecule has 1 aliphatic heterocycles. The summed E-state index contributed by atoms with van der Waals surface area (Å²) in [4.78, 5) is 2.33. The van der Waals surface area contributed by atoms with Crippen LogP contribution in [0.2, 0.25) is 0 Å². The summed E-state index contributed by atoms with van der Waals surface area (Å²) < 4.78 is 19.6. The molecule has 0 fully saturated rings. The first-order valence-electron chi connectivity index (χ1n) is 8.51. The zero-order valence-corrected chi connectivity index (χ0v) is 14.2. The third-order valence-corrected chi connectivity index (χ3v) is 4.86. The van der Waals surface area contributed by atoms with Crippen LogP contribution >= 0.6 is 0 Å². The molecule has 0 saturated carbocycles. The second-order valence-electron chi connectivity index (χ2n) is 6.27. The summed E-state index contributed by atoms with van der Waals surface area (Å²) in [5.74, 6) is 0.468. The molecule has 0 amide bonds. The number of hydrogen-bond donors (Lipinski definition) is 0. The Kier molecular flexibility index (Phi) is 4.14. The lowest BCUT2D eigenvalue weighted by Gasteiger charge is -2.40. The number of fused-ring (bicyclic) bond motifs is 1. The van der Waals surface area contributed by atoms with Gasteiger partial charge in [-0.15, -0.1) is 0 Å². The van der Waals surface area contributed by atoms with E-state index in [0.29, 0.717) is 5.75 Å². The van der Waals surface area contributed by atoms with Crippen molar-refractivity contribution in [2.24, 2.45) is 0 Å². The number of methoxy groups -OCH3 is 1. The Bertz CT molecular complexity index is 878. The highest BCUT2D eigenvalue weighted by atomic mass is 19.1. The van der Waals surface area contributed by atoms with Crippen LogP contribution in [-0.4, -0.2) is 13.7 Å². The van der Waals surface area contributed by atoms with E-state index in [1.165, 1.54) is 17.2 Å². The molecule has 1 unspecified atom stereocenters. The Morgan fingerprint density at radius 2 is 1.68 bits per heavy atom. The van der Waals surface area contributed by atoms with Gasteiger partial charge in [-0.3, -0.25) is 0 Å². The van der Waals surface area contributed by atoms with E-state index >= 15 is 0 Å². The fourth-order valence-corrected chi connectivity index (χ4v) is 3.72. The molecule has 2 nitrogen and oxygen atoms in total. The van der Waals surface area contributed by atoms with Crippen molar-refractivity contribution in [3.8, 4) is 5.75 Å². The molecule has 3 aromatic carbocycles. The molecule has 1 heterocycles. The van der Waals surface area contributed by atoms with Gasteiger partial charge in [0.25, 0.3) is 0 Å². The van der Waals surface area contributed by atoms with Crippen LogP contribution in [0.25, 0.3) is 0 Å². The maximum atomic E-state index is 14.1. The number of nitrogens with zero attached hydrogens (tertiary/aromatic N) is 1. The minimum absolute atomic E-state index is 0.0713. The Morgan fingerprint density at radius 3 is 2.48 bits per heavy atom. The van der Waals surface area contributed by atoms with E-state index < -0.39 is 0 Å². The zero-order valence-electron chi connectivity index (χ0n) is 14.2. The standard InChI is InChI=1S/C22H20FNO/c1-25-21-12-11-17(23)15-20(21)22-19-10-6-5-7-16(19)13-14-24(22)18-8-3-2-4-9-18/h2-12,15,22H,13-14H2,1H3. The molecule has 3 heteroatoms. The lowest BCUT2D eigenvalue weighted by molar-refractivity contribution is 0.404. The summed E-state index contributed by atoms with van der Waals surface area (Å²) in [6.45, 7) is 0.880. The van der Waals surface area contributed by atoms with Crippen LogP contribution in [0.15, 0.2) is 72.8 Å². The third-order valence-electron chi connectivity index (χ3n) is 4.86. The Balaban J connectivity index is 1.92. The highest BCUT2D eigenvalue weighted by molar-refractivity contribution is 5.58. The van der Waals surface area contributed by atoms with Gasteiger partial charge in [0.2, 0.25) is 0 Å². The number of anilines is 1. The van der Waals surface area contributed by atoms with Gasteiger partial charge in [-0.25, -0.2) is 4.39 Å². The maximum Gasteiger partial charge on any atom is 0.124 e. The molecule has 0 N–H and O–H groups in total. The van der Waals surface area contributed by atoms with Crippen molar-refractivity contribution in [2.75, 3.05) is 18.6 Å². The lowest BCUT2D eigenvalue weighted by Crippen LogP contribution is -2.36. The molecule has 0 aromatic heterocycles.